The first-order valence-electron chi connectivity index (χ1n) is 24.9. The second kappa shape index (κ2) is 14.1. The number of hydrogen-bond donors (Lipinski definition) is 0. The average molecular weight is 857 g/mol. The third-order valence-electron chi connectivity index (χ3n) is 16.6. The van der Waals surface area contributed by atoms with Crippen molar-refractivity contribution in [1.82, 2.24) is 0 Å². The first-order valence-corrected chi connectivity index (χ1v) is 24.9. The number of nitrogens with zero attached hydrogens (tertiary/aromatic N) is 2. The van der Waals surface area contributed by atoms with Crippen molar-refractivity contribution in [2.45, 2.75) is 65.2 Å². The Bertz CT molecular complexity index is 3910. The molecular weight excluding hydrogens is 808 g/mol. The Morgan fingerprint density at radius 1 is 0.373 bits per heavy atom. The number of benzene rings is 11. The molecule has 3 heteroatoms. The minimum absolute atomic E-state index is 0.105. The van der Waals surface area contributed by atoms with Crippen molar-refractivity contribution in [3.63, 3.8) is 0 Å². The minimum atomic E-state index is 0.105. The predicted octanol–water partition coefficient (Wildman–Crippen LogP) is 14.8. The normalized spacial score (nSPS) is 14.7. The van der Waals surface area contributed by atoms with Crippen molar-refractivity contribution in [1.29, 1.82) is 0 Å². The Hall–Kier alpha value is -7.36. The summed E-state index contributed by atoms with van der Waals surface area (Å²) >= 11 is 0. The first-order chi connectivity index (χ1) is 33.2. The zero-order chi connectivity index (χ0) is 44.1. The molecule has 0 fully saturated rings. The van der Waals surface area contributed by atoms with Gasteiger partial charge in [-0.25, -0.2) is 0 Å². The molecule has 11 aromatic rings. The molecule has 0 unspecified atom stereocenters. The number of aryl methyl sites for hydroxylation is 2. The molecule has 0 atom stereocenters. The van der Waals surface area contributed by atoms with E-state index in [0.29, 0.717) is 0 Å². The van der Waals surface area contributed by atoms with E-state index in [1.165, 1.54) is 139 Å². The highest BCUT2D eigenvalue weighted by atomic mass is 15.2. The molecule has 67 heavy (non-hydrogen) atoms. The largest absolute Gasteiger partial charge is 0.311 e. The zero-order valence-electron chi connectivity index (χ0n) is 38.2. The fourth-order valence-electron chi connectivity index (χ4n) is 14.0. The number of fused-ring (bicyclic) bond motifs is 20. The number of hydrogen-bond acceptors (Lipinski definition) is 2. The van der Waals surface area contributed by atoms with Crippen LogP contribution in [0.15, 0.2) is 164 Å². The lowest BCUT2D eigenvalue weighted by Gasteiger charge is -2.46. The summed E-state index contributed by atoms with van der Waals surface area (Å²) in [6.07, 6.45) is 9.05. The molecular formula is C64H49BN2. The second-order valence-corrected chi connectivity index (χ2v) is 19.7. The van der Waals surface area contributed by atoms with E-state index in [1.54, 1.807) is 22.3 Å². The van der Waals surface area contributed by atoms with E-state index in [1.807, 2.05) is 0 Å². The van der Waals surface area contributed by atoms with Crippen LogP contribution in [0.25, 0.3) is 64.6 Å². The molecule has 2 aliphatic carbocycles. The Morgan fingerprint density at radius 3 is 1.31 bits per heavy atom. The van der Waals surface area contributed by atoms with Gasteiger partial charge in [0.15, 0.2) is 0 Å². The summed E-state index contributed by atoms with van der Waals surface area (Å²) in [5.74, 6) is 0. The van der Waals surface area contributed by atoms with Gasteiger partial charge >= 0.3 is 0 Å². The highest BCUT2D eigenvalue weighted by Gasteiger charge is 2.47. The van der Waals surface area contributed by atoms with Crippen molar-refractivity contribution in [3.05, 3.63) is 197 Å². The van der Waals surface area contributed by atoms with E-state index >= 15 is 0 Å². The molecule has 15 rings (SSSR count). The van der Waals surface area contributed by atoms with Crippen LogP contribution >= 0.6 is 0 Å². The molecule has 2 nitrogen and oxygen atoms in total. The molecule has 2 aliphatic heterocycles. The van der Waals surface area contributed by atoms with Gasteiger partial charge in [-0.2, -0.15) is 0 Å². The second-order valence-electron chi connectivity index (χ2n) is 19.7. The van der Waals surface area contributed by atoms with E-state index in [0.717, 1.165) is 38.5 Å². The van der Waals surface area contributed by atoms with Crippen molar-refractivity contribution >= 4 is 122 Å². The molecule has 0 spiro atoms. The van der Waals surface area contributed by atoms with Crippen LogP contribution in [0, 0.1) is 0 Å². The van der Waals surface area contributed by atoms with Gasteiger partial charge in [-0.3, -0.25) is 0 Å². The summed E-state index contributed by atoms with van der Waals surface area (Å²) in [6, 6.07) is 63.3. The van der Waals surface area contributed by atoms with E-state index < -0.39 is 0 Å². The molecule has 2 heterocycles. The Kier molecular flexibility index (Phi) is 7.95. The van der Waals surface area contributed by atoms with Gasteiger partial charge < -0.3 is 9.80 Å². The van der Waals surface area contributed by atoms with E-state index in [9.17, 15) is 0 Å². The standard InChI is InChI=1S/C64H49BN2/c1-3-38-35-56-63(53-28-13-25-41(38)53)66(40-33-34-50-45-19-6-5-17-43(45)44-18-8-10-23-49(44)55(50)37-40)59-31-16-32-60-62(59)65(56)57-36-39(4-2)42-26-14-29-54(42)64(57)67(60)58-30-15-27-52-48-21-9-7-20-46(48)47-22-11-12-24-51(47)61(52)58/h5-12,15-24,27,30-37H,3-4,13-14,25-26,28-29H2,1-2H3. The molecule has 0 saturated heterocycles. The fourth-order valence-corrected chi connectivity index (χ4v) is 14.0. The lowest BCUT2D eigenvalue weighted by molar-refractivity contribution is 0.905. The zero-order valence-corrected chi connectivity index (χ0v) is 38.2. The van der Waals surface area contributed by atoms with Crippen molar-refractivity contribution in [2.24, 2.45) is 0 Å². The molecule has 0 N–H and O–H groups in total. The van der Waals surface area contributed by atoms with Gasteiger partial charge in [0.1, 0.15) is 0 Å². The van der Waals surface area contributed by atoms with Gasteiger partial charge in [0.2, 0.25) is 0 Å². The molecule has 0 aromatic heterocycles. The monoisotopic (exact) mass is 856 g/mol. The maximum absolute atomic E-state index is 2.76. The predicted molar refractivity (Wildman–Crippen MR) is 288 cm³/mol. The number of rotatable bonds is 4. The van der Waals surface area contributed by atoms with Crippen molar-refractivity contribution in [2.75, 3.05) is 9.80 Å². The Labute approximate surface area is 392 Å². The van der Waals surface area contributed by atoms with Crippen molar-refractivity contribution in [3.8, 4) is 0 Å². The first kappa shape index (κ1) is 37.8. The molecule has 0 bridgehead atoms. The highest BCUT2D eigenvalue weighted by Crippen LogP contribution is 2.52. The van der Waals surface area contributed by atoms with Gasteiger partial charge in [0, 0.05) is 33.8 Å². The SMILES string of the molecule is CCc1cc2c(c3c1CCC3)N(c1ccc3c4ccccc4c4ccccc4c3c1)c1cccc3c1B2c1cc(CC)c2c(c1N3c1cccc3c4ccccc4c4ccccc4c13)CCC2. The van der Waals surface area contributed by atoms with Crippen LogP contribution in [0.3, 0.4) is 0 Å². The molecule has 0 saturated carbocycles. The van der Waals surface area contributed by atoms with E-state index in [-0.39, 0.29) is 6.71 Å². The highest BCUT2D eigenvalue weighted by molar-refractivity contribution is 7.00. The molecule has 0 amide bonds. The summed E-state index contributed by atoms with van der Waals surface area (Å²) in [4.78, 5) is 5.48. The Balaban J connectivity index is 1.08. The van der Waals surface area contributed by atoms with Gasteiger partial charge in [0.25, 0.3) is 6.71 Å². The van der Waals surface area contributed by atoms with E-state index in [4.69, 9.17) is 0 Å². The quantitative estimate of drug-likeness (QED) is 0.129. The van der Waals surface area contributed by atoms with Gasteiger partial charge in [0.05, 0.1) is 5.69 Å². The molecule has 318 valence electrons. The lowest BCUT2D eigenvalue weighted by atomic mass is 9.33. The maximum Gasteiger partial charge on any atom is 0.252 e. The summed E-state index contributed by atoms with van der Waals surface area (Å²) in [5.41, 5.74) is 21.8. The minimum Gasteiger partial charge on any atom is -0.311 e. The van der Waals surface area contributed by atoms with Crippen LogP contribution in [0.4, 0.5) is 34.1 Å². The lowest BCUT2D eigenvalue weighted by Crippen LogP contribution is -2.62. The molecule has 4 aliphatic rings. The third-order valence-corrected chi connectivity index (χ3v) is 16.6. The fraction of sp³-hybridized carbons (Fsp3) is 0.156. The van der Waals surface area contributed by atoms with E-state index in [2.05, 4.69) is 187 Å². The van der Waals surface area contributed by atoms with Crippen LogP contribution in [0.1, 0.15) is 60.1 Å². The summed E-state index contributed by atoms with van der Waals surface area (Å²) in [6.45, 7) is 4.87. The van der Waals surface area contributed by atoms with Crippen LogP contribution in [0.2, 0.25) is 0 Å². The molecule has 0 radical (unpaired) electrons. The van der Waals surface area contributed by atoms with Crippen LogP contribution in [-0.4, -0.2) is 6.71 Å². The van der Waals surface area contributed by atoms with Gasteiger partial charge in [-0.1, -0.05) is 147 Å². The van der Waals surface area contributed by atoms with Crippen molar-refractivity contribution < 1.29 is 0 Å². The smallest absolute Gasteiger partial charge is 0.252 e. The van der Waals surface area contributed by atoms with Crippen LogP contribution in [0.5, 0.6) is 0 Å². The third kappa shape index (κ3) is 5.02. The molecule has 11 aromatic carbocycles. The maximum atomic E-state index is 2.76. The van der Waals surface area contributed by atoms with Gasteiger partial charge in [-0.15, -0.1) is 0 Å². The summed E-state index contributed by atoms with van der Waals surface area (Å²) < 4.78 is 0. The topological polar surface area (TPSA) is 6.48 Å². The van der Waals surface area contributed by atoms with Crippen LogP contribution in [-0.2, 0) is 38.5 Å². The van der Waals surface area contributed by atoms with Crippen LogP contribution < -0.4 is 26.2 Å². The van der Waals surface area contributed by atoms with Gasteiger partial charge in [-0.05, 0) is 191 Å². The summed E-state index contributed by atoms with van der Waals surface area (Å²) in [7, 11) is 0. The Morgan fingerprint density at radius 2 is 0.776 bits per heavy atom. The number of anilines is 6. The average Bonchev–Trinajstić information content (AvgIpc) is 4.10. The summed E-state index contributed by atoms with van der Waals surface area (Å²) in [5, 5.41) is 15.8.